The molecule has 2 atom stereocenters. The standard InChI is InChI=1S/C15H20N2O/c1-15(2,3)17-12-6-4-5-10-11(16)7-9(14(10)12)8-13(17)18/h4-6,9,11H,7-8,16H2,1-3H3. The molecule has 2 unspecified atom stereocenters. The molecule has 18 heavy (non-hydrogen) atoms. The molecule has 3 rings (SSSR count). The van der Waals surface area contributed by atoms with Gasteiger partial charge >= 0.3 is 0 Å². The van der Waals surface area contributed by atoms with Crippen molar-refractivity contribution < 1.29 is 4.79 Å². The fraction of sp³-hybridized carbons (Fsp3) is 0.533. The number of benzene rings is 1. The maximum Gasteiger partial charge on any atom is 0.228 e. The highest BCUT2D eigenvalue weighted by Crippen LogP contribution is 2.50. The number of hydrogen-bond donors (Lipinski definition) is 1. The highest BCUT2D eigenvalue weighted by molar-refractivity contribution is 5.99. The first-order valence-electron chi connectivity index (χ1n) is 6.61. The summed E-state index contributed by atoms with van der Waals surface area (Å²) in [6, 6.07) is 6.29. The van der Waals surface area contributed by atoms with Crippen LogP contribution in [0.15, 0.2) is 18.2 Å². The van der Waals surface area contributed by atoms with Crippen LogP contribution in [0, 0.1) is 0 Å². The van der Waals surface area contributed by atoms with Crippen LogP contribution in [0.25, 0.3) is 0 Å². The normalized spacial score (nSPS) is 26.4. The van der Waals surface area contributed by atoms with Crippen LogP contribution in [0.3, 0.4) is 0 Å². The third-order valence-corrected chi connectivity index (χ3v) is 4.05. The van der Waals surface area contributed by atoms with E-state index >= 15 is 0 Å². The summed E-state index contributed by atoms with van der Waals surface area (Å²) in [4.78, 5) is 14.3. The Morgan fingerprint density at radius 2 is 2.06 bits per heavy atom. The average molecular weight is 244 g/mol. The van der Waals surface area contributed by atoms with E-state index in [-0.39, 0.29) is 17.5 Å². The van der Waals surface area contributed by atoms with Crippen LogP contribution in [0.2, 0.25) is 0 Å². The maximum atomic E-state index is 12.4. The molecule has 0 saturated carbocycles. The minimum Gasteiger partial charge on any atom is -0.324 e. The van der Waals surface area contributed by atoms with Crippen LogP contribution in [-0.4, -0.2) is 11.4 Å². The van der Waals surface area contributed by atoms with Gasteiger partial charge in [-0.3, -0.25) is 4.79 Å². The van der Waals surface area contributed by atoms with Crippen molar-refractivity contribution in [3.8, 4) is 0 Å². The molecule has 1 heterocycles. The van der Waals surface area contributed by atoms with E-state index < -0.39 is 0 Å². The van der Waals surface area contributed by atoms with E-state index in [0.29, 0.717) is 12.3 Å². The van der Waals surface area contributed by atoms with Gasteiger partial charge in [-0.2, -0.15) is 0 Å². The lowest BCUT2D eigenvalue weighted by atomic mass is 9.88. The third kappa shape index (κ3) is 1.50. The second kappa shape index (κ2) is 3.58. The molecule has 2 N–H and O–H groups in total. The largest absolute Gasteiger partial charge is 0.324 e. The first kappa shape index (κ1) is 11.7. The monoisotopic (exact) mass is 244 g/mol. The van der Waals surface area contributed by atoms with Crippen LogP contribution in [0.4, 0.5) is 5.69 Å². The topological polar surface area (TPSA) is 46.3 Å². The van der Waals surface area contributed by atoms with Gasteiger partial charge in [0, 0.05) is 23.7 Å². The molecule has 0 bridgehead atoms. The van der Waals surface area contributed by atoms with Crippen LogP contribution in [0.5, 0.6) is 0 Å². The van der Waals surface area contributed by atoms with E-state index in [1.807, 2.05) is 11.0 Å². The number of anilines is 1. The highest BCUT2D eigenvalue weighted by Gasteiger charge is 2.42. The van der Waals surface area contributed by atoms with Gasteiger partial charge in [-0.15, -0.1) is 0 Å². The summed E-state index contributed by atoms with van der Waals surface area (Å²) in [5.74, 6) is 0.559. The molecule has 0 spiro atoms. The summed E-state index contributed by atoms with van der Waals surface area (Å²) in [6.07, 6.45) is 1.52. The van der Waals surface area contributed by atoms with Crippen molar-refractivity contribution in [2.45, 2.75) is 51.1 Å². The Bertz CT molecular complexity index is 516. The van der Waals surface area contributed by atoms with Gasteiger partial charge in [0.05, 0.1) is 0 Å². The summed E-state index contributed by atoms with van der Waals surface area (Å²) >= 11 is 0. The Morgan fingerprint density at radius 1 is 1.33 bits per heavy atom. The Balaban J connectivity index is 2.21. The molecule has 1 aliphatic heterocycles. The Hall–Kier alpha value is -1.35. The molecule has 0 radical (unpaired) electrons. The first-order chi connectivity index (χ1) is 8.39. The Labute approximate surface area is 108 Å². The van der Waals surface area contributed by atoms with Gasteiger partial charge in [-0.25, -0.2) is 0 Å². The molecule has 1 aliphatic carbocycles. The second-order valence-electron chi connectivity index (χ2n) is 6.42. The molecular weight excluding hydrogens is 224 g/mol. The third-order valence-electron chi connectivity index (χ3n) is 4.05. The molecule has 1 aromatic carbocycles. The molecule has 0 fully saturated rings. The Morgan fingerprint density at radius 3 is 2.72 bits per heavy atom. The molecule has 2 aliphatic rings. The van der Waals surface area contributed by atoms with Gasteiger partial charge in [0.2, 0.25) is 5.91 Å². The lowest BCUT2D eigenvalue weighted by Gasteiger charge is -2.41. The lowest BCUT2D eigenvalue weighted by Crippen LogP contribution is -2.48. The summed E-state index contributed by atoms with van der Waals surface area (Å²) < 4.78 is 0. The average Bonchev–Trinajstić information content (AvgIpc) is 2.55. The predicted octanol–water partition coefficient (Wildman–Crippen LogP) is 2.71. The molecule has 1 aromatic rings. The Kier molecular flexibility index (Phi) is 2.33. The van der Waals surface area contributed by atoms with Gasteiger partial charge in [0.25, 0.3) is 0 Å². The fourth-order valence-electron chi connectivity index (χ4n) is 3.44. The van der Waals surface area contributed by atoms with Crippen LogP contribution in [-0.2, 0) is 4.79 Å². The van der Waals surface area contributed by atoms with E-state index in [2.05, 4.69) is 32.9 Å². The van der Waals surface area contributed by atoms with E-state index in [9.17, 15) is 4.79 Å². The second-order valence-corrected chi connectivity index (χ2v) is 6.42. The molecule has 3 heteroatoms. The van der Waals surface area contributed by atoms with E-state index in [4.69, 9.17) is 5.73 Å². The number of amides is 1. The first-order valence-corrected chi connectivity index (χ1v) is 6.61. The van der Waals surface area contributed by atoms with Crippen molar-refractivity contribution in [3.05, 3.63) is 29.3 Å². The van der Waals surface area contributed by atoms with Crippen molar-refractivity contribution >= 4 is 11.6 Å². The molecule has 1 amide bonds. The summed E-state index contributed by atoms with van der Waals surface area (Å²) in [5, 5.41) is 0. The molecule has 0 saturated heterocycles. The van der Waals surface area contributed by atoms with Crippen molar-refractivity contribution in [1.82, 2.24) is 0 Å². The lowest BCUT2D eigenvalue weighted by molar-refractivity contribution is -0.120. The number of carbonyl (C=O) groups excluding carboxylic acids is 1. The summed E-state index contributed by atoms with van der Waals surface area (Å²) in [7, 11) is 0. The van der Waals surface area contributed by atoms with E-state index in [0.717, 1.165) is 12.1 Å². The number of rotatable bonds is 0. The van der Waals surface area contributed by atoms with Crippen LogP contribution >= 0.6 is 0 Å². The van der Waals surface area contributed by atoms with Crippen molar-refractivity contribution in [3.63, 3.8) is 0 Å². The smallest absolute Gasteiger partial charge is 0.228 e. The molecule has 96 valence electrons. The van der Waals surface area contributed by atoms with E-state index in [1.54, 1.807) is 0 Å². The molecule has 3 nitrogen and oxygen atoms in total. The summed E-state index contributed by atoms with van der Waals surface area (Å²) in [5.41, 5.74) is 9.63. The minimum atomic E-state index is -0.177. The number of hydrogen-bond acceptors (Lipinski definition) is 2. The van der Waals surface area contributed by atoms with Gasteiger partial charge in [-0.1, -0.05) is 12.1 Å². The molecular formula is C15H20N2O. The quantitative estimate of drug-likeness (QED) is 0.762. The number of nitrogens with two attached hydrogens (primary N) is 1. The van der Waals surface area contributed by atoms with Crippen molar-refractivity contribution in [2.75, 3.05) is 4.90 Å². The van der Waals surface area contributed by atoms with Gasteiger partial charge in [0.1, 0.15) is 0 Å². The zero-order valence-corrected chi connectivity index (χ0v) is 11.2. The van der Waals surface area contributed by atoms with Crippen molar-refractivity contribution in [1.29, 1.82) is 0 Å². The van der Waals surface area contributed by atoms with Crippen LogP contribution < -0.4 is 10.6 Å². The molecule has 0 aromatic heterocycles. The zero-order chi connectivity index (χ0) is 13.1. The van der Waals surface area contributed by atoms with Crippen LogP contribution in [0.1, 0.15) is 56.7 Å². The fourth-order valence-corrected chi connectivity index (χ4v) is 3.44. The maximum absolute atomic E-state index is 12.4. The summed E-state index contributed by atoms with van der Waals surface area (Å²) in [6.45, 7) is 6.25. The SMILES string of the molecule is CC(C)(C)N1C(=O)CC2CC(N)c3cccc1c32. The minimum absolute atomic E-state index is 0.0951. The van der Waals surface area contributed by atoms with E-state index in [1.165, 1.54) is 11.1 Å². The zero-order valence-electron chi connectivity index (χ0n) is 11.2. The van der Waals surface area contributed by atoms with Gasteiger partial charge < -0.3 is 10.6 Å². The highest BCUT2D eigenvalue weighted by atomic mass is 16.2. The van der Waals surface area contributed by atoms with Crippen molar-refractivity contribution in [2.24, 2.45) is 5.73 Å². The predicted molar refractivity (Wildman–Crippen MR) is 72.6 cm³/mol. The number of carbonyl (C=O) groups is 1. The van der Waals surface area contributed by atoms with Gasteiger partial charge in [-0.05, 0) is 50.3 Å². The van der Waals surface area contributed by atoms with Gasteiger partial charge in [0.15, 0.2) is 0 Å². The number of nitrogens with zero attached hydrogens (tertiary/aromatic N) is 1.